The fourth-order valence-corrected chi connectivity index (χ4v) is 1.91. The predicted molar refractivity (Wildman–Crippen MR) is 66.4 cm³/mol. The normalized spacial score (nSPS) is 10.2. The van der Waals surface area contributed by atoms with E-state index in [1.165, 1.54) is 6.07 Å². The first-order valence-electron chi connectivity index (χ1n) is 5.24. The number of rotatable bonds is 2. The molecule has 2 rings (SSSR count). The van der Waals surface area contributed by atoms with E-state index in [1.54, 1.807) is 24.3 Å². The van der Waals surface area contributed by atoms with Crippen LogP contribution in [0.4, 0.5) is 10.1 Å². The largest absolute Gasteiger partial charge is 0.396 e. The van der Waals surface area contributed by atoms with Gasteiger partial charge in [0.1, 0.15) is 5.82 Å². The fourth-order valence-electron chi connectivity index (χ4n) is 1.91. The van der Waals surface area contributed by atoms with E-state index >= 15 is 0 Å². The topological polar surface area (TPSA) is 43.1 Å². The summed E-state index contributed by atoms with van der Waals surface area (Å²) in [6.45, 7) is 1.87. The average Bonchev–Trinajstić information content (AvgIpc) is 2.33. The smallest absolute Gasteiger partial charge is 0.150 e. The molecule has 0 saturated heterocycles. The van der Waals surface area contributed by atoms with Gasteiger partial charge in [0.15, 0.2) is 6.29 Å². The number of nitrogen functional groups attached to an aromatic ring is 1. The first kappa shape index (κ1) is 11.3. The Labute approximate surface area is 98.9 Å². The van der Waals surface area contributed by atoms with Crippen molar-refractivity contribution in [2.24, 2.45) is 0 Å². The molecule has 0 heterocycles. The van der Waals surface area contributed by atoms with E-state index in [0.29, 0.717) is 16.7 Å². The molecule has 0 aliphatic heterocycles. The lowest BCUT2D eigenvalue weighted by molar-refractivity contribution is 0.112. The first-order chi connectivity index (χ1) is 8.15. The molecule has 0 aromatic heterocycles. The monoisotopic (exact) mass is 229 g/mol. The highest BCUT2D eigenvalue weighted by atomic mass is 19.1. The summed E-state index contributed by atoms with van der Waals surface area (Å²) in [5, 5.41) is 0. The molecular weight excluding hydrogens is 217 g/mol. The molecule has 0 radical (unpaired) electrons. The Kier molecular flexibility index (Phi) is 2.91. The number of nitrogens with two attached hydrogens (primary N) is 1. The number of carbonyl (C=O) groups is 1. The summed E-state index contributed by atoms with van der Waals surface area (Å²) >= 11 is 0. The van der Waals surface area contributed by atoms with Crippen molar-refractivity contribution in [3.8, 4) is 11.1 Å². The van der Waals surface area contributed by atoms with E-state index < -0.39 is 5.82 Å². The Bertz CT molecular complexity index is 578. The minimum Gasteiger partial charge on any atom is -0.396 e. The Balaban J connectivity index is 2.76. The van der Waals surface area contributed by atoms with Crippen LogP contribution in [0.15, 0.2) is 36.4 Å². The van der Waals surface area contributed by atoms with Crippen molar-refractivity contribution in [3.05, 3.63) is 53.3 Å². The summed E-state index contributed by atoms with van der Waals surface area (Å²) in [5.41, 5.74) is 8.46. The molecule has 86 valence electrons. The third kappa shape index (κ3) is 1.91. The van der Waals surface area contributed by atoms with E-state index in [1.807, 2.05) is 13.0 Å². The summed E-state index contributed by atoms with van der Waals surface area (Å²) in [5.74, 6) is -0.470. The molecule has 17 heavy (non-hydrogen) atoms. The van der Waals surface area contributed by atoms with Gasteiger partial charge in [-0.15, -0.1) is 0 Å². The second kappa shape index (κ2) is 4.37. The number of hydrogen-bond donors (Lipinski definition) is 1. The van der Waals surface area contributed by atoms with Gasteiger partial charge in [-0.25, -0.2) is 4.39 Å². The van der Waals surface area contributed by atoms with Crippen LogP contribution < -0.4 is 5.73 Å². The van der Waals surface area contributed by atoms with Crippen LogP contribution in [0.2, 0.25) is 0 Å². The first-order valence-corrected chi connectivity index (χ1v) is 5.24. The fraction of sp³-hybridized carbons (Fsp3) is 0.0714. The summed E-state index contributed by atoms with van der Waals surface area (Å²) in [7, 11) is 0. The van der Waals surface area contributed by atoms with E-state index in [2.05, 4.69) is 0 Å². The van der Waals surface area contributed by atoms with Gasteiger partial charge in [0.05, 0.1) is 5.69 Å². The number of aldehydes is 1. The summed E-state index contributed by atoms with van der Waals surface area (Å²) in [6.07, 6.45) is 0.757. The van der Waals surface area contributed by atoms with Crippen LogP contribution in [-0.4, -0.2) is 6.29 Å². The maximum absolute atomic E-state index is 13.4. The van der Waals surface area contributed by atoms with Crippen molar-refractivity contribution in [3.63, 3.8) is 0 Å². The number of hydrogen-bond acceptors (Lipinski definition) is 2. The van der Waals surface area contributed by atoms with E-state index in [9.17, 15) is 9.18 Å². The SMILES string of the molecule is Cc1cccc(C=O)c1-c1cccc(F)c1N. The maximum atomic E-state index is 13.4. The lowest BCUT2D eigenvalue weighted by Crippen LogP contribution is -1.98. The molecule has 0 unspecified atom stereocenters. The molecular formula is C14H12FNO. The van der Waals surface area contributed by atoms with Crippen LogP contribution in [0, 0.1) is 12.7 Å². The molecule has 0 aliphatic rings. The Morgan fingerprint density at radius 3 is 2.59 bits per heavy atom. The number of anilines is 1. The van der Waals surface area contributed by atoms with Crippen LogP contribution >= 0.6 is 0 Å². The number of aryl methyl sites for hydroxylation is 1. The van der Waals surface area contributed by atoms with Gasteiger partial charge in [-0.05, 0) is 24.1 Å². The van der Waals surface area contributed by atoms with E-state index in [0.717, 1.165) is 11.8 Å². The van der Waals surface area contributed by atoms with Crippen molar-refractivity contribution in [2.45, 2.75) is 6.92 Å². The standard InChI is InChI=1S/C14H12FNO/c1-9-4-2-5-10(8-17)13(9)11-6-3-7-12(15)14(11)16/h2-8H,16H2,1H3. The van der Waals surface area contributed by atoms with Gasteiger partial charge in [-0.3, -0.25) is 4.79 Å². The molecule has 0 saturated carbocycles. The lowest BCUT2D eigenvalue weighted by atomic mass is 9.94. The summed E-state index contributed by atoms with van der Waals surface area (Å²) < 4.78 is 13.4. The highest BCUT2D eigenvalue weighted by Gasteiger charge is 2.12. The quantitative estimate of drug-likeness (QED) is 0.634. The van der Waals surface area contributed by atoms with E-state index in [4.69, 9.17) is 5.73 Å². The van der Waals surface area contributed by atoms with E-state index in [-0.39, 0.29) is 5.69 Å². The van der Waals surface area contributed by atoms with Gasteiger partial charge in [0.25, 0.3) is 0 Å². The second-order valence-corrected chi connectivity index (χ2v) is 3.86. The molecule has 0 spiro atoms. The minimum absolute atomic E-state index is 0.0740. The number of para-hydroxylation sites is 1. The lowest BCUT2D eigenvalue weighted by Gasteiger charge is -2.11. The van der Waals surface area contributed by atoms with Gasteiger partial charge >= 0.3 is 0 Å². The highest BCUT2D eigenvalue weighted by molar-refractivity contribution is 5.92. The van der Waals surface area contributed by atoms with Crippen LogP contribution in [0.5, 0.6) is 0 Å². The number of carbonyl (C=O) groups excluding carboxylic acids is 1. The van der Waals surface area contributed by atoms with Crippen molar-refractivity contribution in [2.75, 3.05) is 5.73 Å². The molecule has 0 fully saturated rings. The summed E-state index contributed by atoms with van der Waals surface area (Å²) in [6, 6.07) is 9.96. The molecule has 2 N–H and O–H groups in total. The van der Waals surface area contributed by atoms with Gasteiger partial charge in [-0.2, -0.15) is 0 Å². The molecule has 0 amide bonds. The number of benzene rings is 2. The highest BCUT2D eigenvalue weighted by Crippen LogP contribution is 2.32. The molecule has 2 aromatic rings. The van der Waals surface area contributed by atoms with Gasteiger partial charge < -0.3 is 5.73 Å². The molecule has 0 atom stereocenters. The Hall–Kier alpha value is -2.16. The van der Waals surface area contributed by atoms with Crippen LogP contribution in [-0.2, 0) is 0 Å². The maximum Gasteiger partial charge on any atom is 0.150 e. The van der Waals surface area contributed by atoms with Gasteiger partial charge in [0, 0.05) is 11.1 Å². The van der Waals surface area contributed by atoms with Crippen molar-refractivity contribution in [1.82, 2.24) is 0 Å². The van der Waals surface area contributed by atoms with Crippen LogP contribution in [0.25, 0.3) is 11.1 Å². The minimum atomic E-state index is -0.470. The Morgan fingerprint density at radius 1 is 1.18 bits per heavy atom. The third-order valence-corrected chi connectivity index (χ3v) is 2.75. The predicted octanol–water partition coefficient (Wildman–Crippen LogP) is 3.20. The van der Waals surface area contributed by atoms with Crippen molar-refractivity contribution in [1.29, 1.82) is 0 Å². The molecule has 2 aromatic carbocycles. The third-order valence-electron chi connectivity index (χ3n) is 2.75. The van der Waals surface area contributed by atoms with Gasteiger partial charge in [0.2, 0.25) is 0 Å². The van der Waals surface area contributed by atoms with Crippen molar-refractivity contribution < 1.29 is 9.18 Å². The molecule has 2 nitrogen and oxygen atoms in total. The van der Waals surface area contributed by atoms with Gasteiger partial charge in [-0.1, -0.05) is 30.3 Å². The summed E-state index contributed by atoms with van der Waals surface area (Å²) in [4.78, 5) is 11.0. The molecule has 0 aliphatic carbocycles. The Morgan fingerprint density at radius 2 is 1.88 bits per heavy atom. The average molecular weight is 229 g/mol. The molecule has 3 heteroatoms. The van der Waals surface area contributed by atoms with Crippen molar-refractivity contribution >= 4 is 12.0 Å². The zero-order valence-electron chi connectivity index (χ0n) is 9.41. The van der Waals surface area contributed by atoms with Crippen LogP contribution in [0.1, 0.15) is 15.9 Å². The number of halogens is 1. The second-order valence-electron chi connectivity index (χ2n) is 3.86. The molecule has 0 bridgehead atoms. The zero-order valence-corrected chi connectivity index (χ0v) is 9.41. The van der Waals surface area contributed by atoms with Crippen LogP contribution in [0.3, 0.4) is 0 Å². The zero-order chi connectivity index (χ0) is 12.4.